The third-order valence-electron chi connectivity index (χ3n) is 4.72. The largest absolute Gasteiger partial charge is 0.486 e. The van der Waals surface area contributed by atoms with E-state index in [4.69, 9.17) is 9.47 Å². The minimum Gasteiger partial charge on any atom is -0.486 e. The molecule has 0 radical (unpaired) electrons. The van der Waals surface area contributed by atoms with Crippen LogP contribution in [0.4, 0.5) is 5.69 Å². The Balaban J connectivity index is 1.46. The van der Waals surface area contributed by atoms with Crippen LogP contribution in [0, 0.1) is 0 Å². The van der Waals surface area contributed by atoms with Crippen molar-refractivity contribution >= 4 is 11.3 Å². The summed E-state index contributed by atoms with van der Waals surface area (Å²) >= 11 is 0. The Hall–Kier alpha value is -2.83. The summed E-state index contributed by atoms with van der Waals surface area (Å²) < 4.78 is 13.0. The number of rotatable bonds is 4. The number of nitrogens with zero attached hydrogens (tertiary/aromatic N) is 4. The summed E-state index contributed by atoms with van der Waals surface area (Å²) in [5.41, 5.74) is 3.93. The van der Waals surface area contributed by atoms with Crippen LogP contribution >= 0.6 is 0 Å². The number of anilines is 1. The molecule has 1 fully saturated rings. The summed E-state index contributed by atoms with van der Waals surface area (Å²) in [6.07, 6.45) is 4.07. The van der Waals surface area contributed by atoms with Gasteiger partial charge in [0.2, 0.25) is 5.65 Å². The number of fused-ring (bicyclic) bond motifs is 2. The Morgan fingerprint density at radius 1 is 1.16 bits per heavy atom. The van der Waals surface area contributed by atoms with Crippen molar-refractivity contribution < 1.29 is 9.47 Å². The second kappa shape index (κ2) is 5.61. The van der Waals surface area contributed by atoms with Crippen molar-refractivity contribution in [1.29, 1.82) is 0 Å². The zero-order valence-electron chi connectivity index (χ0n) is 14.0. The van der Waals surface area contributed by atoms with E-state index in [0.717, 1.165) is 34.1 Å². The van der Waals surface area contributed by atoms with E-state index in [1.54, 1.807) is 10.8 Å². The third-order valence-corrected chi connectivity index (χ3v) is 4.72. The molecule has 3 heterocycles. The molecular formula is C18H19N5O2. The van der Waals surface area contributed by atoms with Crippen LogP contribution in [0.15, 0.2) is 30.6 Å². The maximum absolute atomic E-state index is 5.69. The topological polar surface area (TPSA) is 73.6 Å². The lowest BCUT2D eigenvalue weighted by Gasteiger charge is -2.21. The minimum absolute atomic E-state index is 0.0887. The van der Waals surface area contributed by atoms with Gasteiger partial charge in [0.25, 0.3) is 0 Å². The van der Waals surface area contributed by atoms with E-state index >= 15 is 0 Å². The molecule has 0 saturated heterocycles. The second-order valence-electron chi connectivity index (χ2n) is 6.63. The van der Waals surface area contributed by atoms with Crippen LogP contribution in [0.2, 0.25) is 0 Å². The SMILES string of the molecule is CC(Nc1cc(C2CC2)nn2cnnc12)c1ccc2c(c1)OCCO2. The first-order valence-corrected chi connectivity index (χ1v) is 8.65. The van der Waals surface area contributed by atoms with Gasteiger partial charge in [0.05, 0.1) is 11.4 Å². The summed E-state index contributed by atoms with van der Waals surface area (Å²) in [5.74, 6) is 2.18. The van der Waals surface area contributed by atoms with Gasteiger partial charge in [0.1, 0.15) is 19.5 Å². The van der Waals surface area contributed by atoms with Gasteiger partial charge in [-0.15, -0.1) is 10.2 Å². The van der Waals surface area contributed by atoms with Crippen molar-refractivity contribution in [2.45, 2.75) is 31.7 Å². The molecule has 7 heteroatoms. The highest BCUT2D eigenvalue weighted by molar-refractivity contribution is 5.67. The molecule has 0 bridgehead atoms. The van der Waals surface area contributed by atoms with E-state index in [9.17, 15) is 0 Å². The van der Waals surface area contributed by atoms with Crippen molar-refractivity contribution in [3.63, 3.8) is 0 Å². The number of hydrogen-bond donors (Lipinski definition) is 1. The summed E-state index contributed by atoms with van der Waals surface area (Å²) in [4.78, 5) is 0. The van der Waals surface area contributed by atoms with E-state index in [-0.39, 0.29) is 6.04 Å². The molecule has 3 aromatic rings. The first-order chi connectivity index (χ1) is 12.3. The van der Waals surface area contributed by atoms with Crippen LogP contribution < -0.4 is 14.8 Å². The Labute approximate surface area is 145 Å². The highest BCUT2D eigenvalue weighted by Gasteiger charge is 2.27. The van der Waals surface area contributed by atoms with Crippen molar-refractivity contribution in [3.05, 3.63) is 41.9 Å². The van der Waals surface area contributed by atoms with E-state index in [1.807, 2.05) is 12.1 Å². The molecule has 1 N–H and O–H groups in total. The van der Waals surface area contributed by atoms with Crippen LogP contribution in [0.25, 0.3) is 5.65 Å². The molecule has 5 rings (SSSR count). The summed E-state index contributed by atoms with van der Waals surface area (Å²) in [5, 5.41) is 16.4. The number of aromatic nitrogens is 4. The molecular weight excluding hydrogens is 318 g/mol. The molecule has 1 saturated carbocycles. The smallest absolute Gasteiger partial charge is 0.200 e. The van der Waals surface area contributed by atoms with Gasteiger partial charge in [-0.2, -0.15) is 9.61 Å². The highest BCUT2D eigenvalue weighted by atomic mass is 16.6. The molecule has 7 nitrogen and oxygen atoms in total. The summed E-state index contributed by atoms with van der Waals surface area (Å²) in [7, 11) is 0. The molecule has 1 unspecified atom stereocenters. The molecule has 1 aliphatic carbocycles. The van der Waals surface area contributed by atoms with Gasteiger partial charge in [0, 0.05) is 12.0 Å². The molecule has 0 amide bonds. The van der Waals surface area contributed by atoms with Gasteiger partial charge in [-0.05, 0) is 43.5 Å². The van der Waals surface area contributed by atoms with Crippen LogP contribution in [0.3, 0.4) is 0 Å². The van der Waals surface area contributed by atoms with Gasteiger partial charge >= 0.3 is 0 Å². The van der Waals surface area contributed by atoms with Gasteiger partial charge in [-0.25, -0.2) is 0 Å². The maximum Gasteiger partial charge on any atom is 0.200 e. The predicted molar refractivity (Wildman–Crippen MR) is 92.2 cm³/mol. The Morgan fingerprint density at radius 3 is 2.84 bits per heavy atom. The summed E-state index contributed by atoms with van der Waals surface area (Å²) in [6, 6.07) is 8.27. The zero-order chi connectivity index (χ0) is 16.8. The molecule has 1 aliphatic heterocycles. The fraction of sp³-hybridized carbons (Fsp3) is 0.389. The normalized spacial score (nSPS) is 17.5. The molecule has 2 aromatic heterocycles. The first-order valence-electron chi connectivity index (χ1n) is 8.65. The number of ether oxygens (including phenoxy) is 2. The fourth-order valence-corrected chi connectivity index (χ4v) is 3.18. The molecule has 2 aliphatic rings. The number of benzene rings is 1. The zero-order valence-corrected chi connectivity index (χ0v) is 14.0. The van der Waals surface area contributed by atoms with Crippen molar-refractivity contribution in [3.8, 4) is 11.5 Å². The van der Waals surface area contributed by atoms with Crippen molar-refractivity contribution in [2.75, 3.05) is 18.5 Å². The second-order valence-corrected chi connectivity index (χ2v) is 6.63. The predicted octanol–water partition coefficient (Wildman–Crippen LogP) is 2.95. The van der Waals surface area contributed by atoms with E-state index < -0.39 is 0 Å². The molecule has 25 heavy (non-hydrogen) atoms. The molecule has 1 aromatic carbocycles. The lowest BCUT2D eigenvalue weighted by molar-refractivity contribution is 0.171. The number of hydrogen-bond acceptors (Lipinski definition) is 6. The van der Waals surface area contributed by atoms with Crippen molar-refractivity contribution in [1.82, 2.24) is 19.8 Å². The van der Waals surface area contributed by atoms with Gasteiger partial charge in [0.15, 0.2) is 11.5 Å². The Bertz CT molecular complexity index is 934. The van der Waals surface area contributed by atoms with Gasteiger partial charge < -0.3 is 14.8 Å². The summed E-state index contributed by atoms with van der Waals surface area (Å²) in [6.45, 7) is 3.31. The first kappa shape index (κ1) is 14.5. The van der Waals surface area contributed by atoms with E-state index in [1.165, 1.54) is 12.8 Å². The lowest BCUT2D eigenvalue weighted by atomic mass is 10.1. The van der Waals surface area contributed by atoms with Crippen LogP contribution in [-0.4, -0.2) is 33.0 Å². The minimum atomic E-state index is 0.0887. The quantitative estimate of drug-likeness (QED) is 0.789. The molecule has 1 atom stereocenters. The van der Waals surface area contributed by atoms with E-state index in [0.29, 0.717) is 19.1 Å². The van der Waals surface area contributed by atoms with Crippen LogP contribution in [0.1, 0.15) is 43.0 Å². The molecule has 0 spiro atoms. The Morgan fingerprint density at radius 2 is 2.00 bits per heavy atom. The van der Waals surface area contributed by atoms with Gasteiger partial charge in [-0.3, -0.25) is 0 Å². The van der Waals surface area contributed by atoms with Crippen LogP contribution in [-0.2, 0) is 0 Å². The fourth-order valence-electron chi connectivity index (χ4n) is 3.18. The average molecular weight is 337 g/mol. The average Bonchev–Trinajstić information content (AvgIpc) is 3.39. The van der Waals surface area contributed by atoms with E-state index in [2.05, 4.69) is 39.7 Å². The highest BCUT2D eigenvalue weighted by Crippen LogP contribution is 2.40. The monoisotopic (exact) mass is 337 g/mol. The van der Waals surface area contributed by atoms with Gasteiger partial charge in [-0.1, -0.05) is 6.07 Å². The maximum atomic E-state index is 5.69. The van der Waals surface area contributed by atoms with Crippen LogP contribution in [0.5, 0.6) is 11.5 Å². The third kappa shape index (κ3) is 2.65. The lowest BCUT2D eigenvalue weighted by Crippen LogP contribution is -2.16. The van der Waals surface area contributed by atoms with Crippen molar-refractivity contribution in [2.24, 2.45) is 0 Å². The number of nitrogens with one attached hydrogen (secondary N) is 1. The Kier molecular flexibility index (Phi) is 3.26. The molecule has 128 valence electrons. The standard InChI is InChI=1S/C18H19N5O2/c1-11(13-4-5-16-17(8-13)25-7-6-24-16)20-15-9-14(12-2-3-12)22-23-10-19-21-18(15)23/h4-5,8-12,20H,2-3,6-7H2,1H3.